The summed E-state index contributed by atoms with van der Waals surface area (Å²) < 4.78 is 0. The number of nitro benzene ring substituents is 2. The third-order valence-corrected chi connectivity index (χ3v) is 4.42. The van der Waals surface area contributed by atoms with Crippen LogP contribution in [0.5, 0.6) is 0 Å². The number of anilines is 1. The molecule has 2 N–H and O–H groups in total. The molecule has 3 aromatic rings. The molecule has 0 radical (unpaired) electrons. The van der Waals surface area contributed by atoms with Gasteiger partial charge in [-0.15, -0.1) is 10.2 Å². The topological polar surface area (TPSA) is 150 Å². The van der Waals surface area contributed by atoms with Gasteiger partial charge in [-0.05, 0) is 6.07 Å². The minimum atomic E-state index is -0.572. The van der Waals surface area contributed by atoms with Crippen molar-refractivity contribution in [2.75, 3.05) is 5.73 Å². The number of nitro groups is 2. The monoisotopic (exact) mass is 404 g/mol. The zero-order valence-corrected chi connectivity index (χ0v) is 14.8. The van der Waals surface area contributed by atoms with Gasteiger partial charge in [0.2, 0.25) is 0 Å². The Bertz CT molecular complexity index is 1080. The molecule has 12 heteroatoms. The van der Waals surface area contributed by atoms with E-state index in [1.807, 2.05) is 0 Å². The van der Waals surface area contributed by atoms with Crippen LogP contribution in [0.1, 0.15) is 0 Å². The molecule has 136 valence electrons. The predicted octanol–water partition coefficient (Wildman–Crippen LogP) is 5.28. The normalized spacial score (nSPS) is 11.0. The van der Waals surface area contributed by atoms with E-state index in [1.54, 1.807) is 6.07 Å². The average molecular weight is 405 g/mol. The Morgan fingerprint density at radius 2 is 1.74 bits per heavy atom. The maximum atomic E-state index is 11.0. The third-order valence-electron chi connectivity index (χ3n) is 3.35. The Hall–Kier alpha value is -3.44. The highest BCUT2D eigenvalue weighted by molar-refractivity contribution is 7.19. The lowest BCUT2D eigenvalue weighted by atomic mass is 10.1. The van der Waals surface area contributed by atoms with E-state index >= 15 is 0 Å². The minimum Gasteiger partial charge on any atom is -0.375 e. The lowest BCUT2D eigenvalue weighted by molar-refractivity contribution is -0.385. The maximum absolute atomic E-state index is 11.0. The van der Waals surface area contributed by atoms with Crippen LogP contribution in [0.25, 0.3) is 11.3 Å². The van der Waals surface area contributed by atoms with E-state index in [1.165, 1.54) is 36.4 Å². The number of nitrogen functional groups attached to an aromatic ring is 1. The fourth-order valence-electron chi connectivity index (χ4n) is 2.14. The molecule has 0 fully saturated rings. The van der Waals surface area contributed by atoms with Gasteiger partial charge in [0.1, 0.15) is 11.4 Å². The summed E-state index contributed by atoms with van der Waals surface area (Å²) in [4.78, 5) is 24.8. The highest BCUT2D eigenvalue weighted by Gasteiger charge is 2.15. The fourth-order valence-corrected chi connectivity index (χ4v) is 3.03. The smallest absolute Gasteiger partial charge is 0.271 e. The summed E-state index contributed by atoms with van der Waals surface area (Å²) >= 11 is 7.03. The number of azo groups is 1. The summed E-state index contributed by atoms with van der Waals surface area (Å²) in [6.45, 7) is 0. The average Bonchev–Trinajstić information content (AvgIpc) is 3.01. The van der Waals surface area contributed by atoms with Gasteiger partial charge in [0.25, 0.3) is 11.4 Å². The van der Waals surface area contributed by atoms with E-state index in [-0.39, 0.29) is 27.2 Å². The van der Waals surface area contributed by atoms with E-state index in [0.29, 0.717) is 16.3 Å². The quantitative estimate of drug-likeness (QED) is 0.347. The van der Waals surface area contributed by atoms with Crippen LogP contribution in [0.15, 0.2) is 52.7 Å². The van der Waals surface area contributed by atoms with Crippen molar-refractivity contribution in [1.29, 1.82) is 0 Å². The van der Waals surface area contributed by atoms with Crippen LogP contribution in [0.4, 0.5) is 27.2 Å². The van der Waals surface area contributed by atoms with Crippen molar-refractivity contribution in [2.45, 2.75) is 0 Å². The number of hydrogen-bond donors (Lipinski definition) is 1. The molecule has 10 nitrogen and oxygen atoms in total. The molecule has 0 aliphatic heterocycles. The summed E-state index contributed by atoms with van der Waals surface area (Å²) in [5.41, 5.74) is 6.49. The van der Waals surface area contributed by atoms with Gasteiger partial charge < -0.3 is 5.73 Å². The van der Waals surface area contributed by atoms with Crippen molar-refractivity contribution in [3.05, 3.63) is 67.7 Å². The predicted molar refractivity (Wildman–Crippen MR) is 101 cm³/mol. The first kappa shape index (κ1) is 18.4. The second-order valence-electron chi connectivity index (χ2n) is 5.11. The van der Waals surface area contributed by atoms with Crippen LogP contribution >= 0.6 is 22.9 Å². The van der Waals surface area contributed by atoms with Crippen molar-refractivity contribution in [1.82, 2.24) is 4.98 Å². The molecule has 1 aromatic heterocycles. The Morgan fingerprint density at radius 1 is 1.04 bits per heavy atom. The largest absolute Gasteiger partial charge is 0.375 e. The Morgan fingerprint density at radius 3 is 2.41 bits per heavy atom. The molecule has 0 saturated heterocycles. The van der Waals surface area contributed by atoms with Crippen LogP contribution in [-0.2, 0) is 0 Å². The second-order valence-corrected chi connectivity index (χ2v) is 6.52. The summed E-state index contributed by atoms with van der Waals surface area (Å²) in [6, 6.07) is 9.66. The van der Waals surface area contributed by atoms with Gasteiger partial charge in [-0.2, -0.15) is 0 Å². The Balaban J connectivity index is 1.97. The number of nitrogens with zero attached hydrogens (tertiary/aromatic N) is 5. The molecule has 2 aromatic carbocycles. The number of hydrogen-bond acceptors (Lipinski definition) is 9. The van der Waals surface area contributed by atoms with Crippen LogP contribution in [0.3, 0.4) is 0 Å². The van der Waals surface area contributed by atoms with Crippen LogP contribution in [0, 0.1) is 20.2 Å². The van der Waals surface area contributed by atoms with Gasteiger partial charge in [-0.1, -0.05) is 35.1 Å². The van der Waals surface area contributed by atoms with Crippen molar-refractivity contribution in [2.24, 2.45) is 10.2 Å². The molecule has 0 atom stereocenters. The number of halogens is 1. The molecule has 0 aliphatic carbocycles. The lowest BCUT2D eigenvalue weighted by Gasteiger charge is -1.99. The highest BCUT2D eigenvalue weighted by Crippen LogP contribution is 2.39. The van der Waals surface area contributed by atoms with Crippen molar-refractivity contribution in [3.63, 3.8) is 0 Å². The maximum Gasteiger partial charge on any atom is 0.271 e. The zero-order chi connectivity index (χ0) is 19.6. The zero-order valence-electron chi connectivity index (χ0n) is 13.3. The second kappa shape index (κ2) is 7.43. The molecule has 0 aliphatic rings. The van der Waals surface area contributed by atoms with Gasteiger partial charge in [0.05, 0.1) is 14.9 Å². The molecule has 27 heavy (non-hydrogen) atoms. The number of benzene rings is 2. The van der Waals surface area contributed by atoms with E-state index in [0.717, 1.165) is 11.3 Å². The molecular formula is C15H9ClN6O4S. The third kappa shape index (κ3) is 4.04. The number of thiazole rings is 1. The molecule has 0 saturated carbocycles. The van der Waals surface area contributed by atoms with Crippen molar-refractivity contribution >= 4 is 50.1 Å². The number of nitrogens with two attached hydrogens (primary N) is 1. The van der Waals surface area contributed by atoms with E-state index in [4.69, 9.17) is 17.3 Å². The van der Waals surface area contributed by atoms with Gasteiger partial charge in [-0.25, -0.2) is 4.98 Å². The number of aromatic nitrogens is 1. The summed E-state index contributed by atoms with van der Waals surface area (Å²) in [7, 11) is 0. The molecule has 3 rings (SSSR count). The minimum absolute atomic E-state index is 0.0577. The Labute approximate surface area is 160 Å². The highest BCUT2D eigenvalue weighted by atomic mass is 35.5. The first-order valence-corrected chi connectivity index (χ1v) is 8.41. The van der Waals surface area contributed by atoms with E-state index in [9.17, 15) is 20.2 Å². The number of rotatable bonds is 5. The van der Waals surface area contributed by atoms with Crippen LogP contribution < -0.4 is 5.73 Å². The van der Waals surface area contributed by atoms with Crippen molar-refractivity contribution in [3.8, 4) is 11.3 Å². The number of non-ortho nitro benzene ring substituents is 2. The molecule has 0 spiro atoms. The SMILES string of the molecule is Nc1nc(-c2cccc([N+](=O)[O-])c2)c(N=Nc2ccc([N+](=O)[O-])cc2Cl)s1. The van der Waals surface area contributed by atoms with E-state index < -0.39 is 9.85 Å². The van der Waals surface area contributed by atoms with Gasteiger partial charge in [0, 0.05) is 29.8 Å². The van der Waals surface area contributed by atoms with Crippen LogP contribution in [-0.4, -0.2) is 14.8 Å². The molecule has 0 amide bonds. The standard InChI is InChI=1S/C15H9ClN6O4S/c16-11-7-10(22(25)26)4-5-12(11)19-20-14-13(18-15(17)27-14)8-2-1-3-9(6-8)21(23)24/h1-7H,(H2,17,18). The molecule has 0 bridgehead atoms. The summed E-state index contributed by atoms with van der Waals surface area (Å²) in [6.07, 6.45) is 0. The van der Waals surface area contributed by atoms with E-state index in [2.05, 4.69) is 15.2 Å². The first-order valence-electron chi connectivity index (χ1n) is 7.22. The summed E-state index contributed by atoms with van der Waals surface area (Å²) in [5.74, 6) is 0. The van der Waals surface area contributed by atoms with Crippen LogP contribution in [0.2, 0.25) is 5.02 Å². The lowest BCUT2D eigenvalue weighted by Crippen LogP contribution is -1.88. The molecule has 0 unspecified atom stereocenters. The fraction of sp³-hybridized carbons (Fsp3) is 0. The van der Waals surface area contributed by atoms with Gasteiger partial charge in [-0.3, -0.25) is 20.2 Å². The van der Waals surface area contributed by atoms with Gasteiger partial charge in [0.15, 0.2) is 10.1 Å². The molecular weight excluding hydrogens is 396 g/mol. The molecule has 1 heterocycles. The van der Waals surface area contributed by atoms with Crippen molar-refractivity contribution < 1.29 is 9.85 Å². The van der Waals surface area contributed by atoms with Gasteiger partial charge >= 0.3 is 0 Å². The Kier molecular flexibility index (Phi) is 5.05. The first-order chi connectivity index (χ1) is 12.8. The summed E-state index contributed by atoms with van der Waals surface area (Å²) in [5, 5.41) is 30.3.